The number of nitrogens with one attached hydrogen (secondary N) is 1. The monoisotopic (exact) mass is 254 g/mol. The number of rotatable bonds is 6. The molecule has 0 fully saturated rings. The third-order valence-corrected chi connectivity index (χ3v) is 3.29. The zero-order valence-corrected chi connectivity index (χ0v) is 11.5. The van der Waals surface area contributed by atoms with Crippen LogP contribution >= 0.6 is 0 Å². The molecule has 3 N–H and O–H groups in total. The highest BCUT2D eigenvalue weighted by Gasteiger charge is 2.00. The third kappa shape index (κ3) is 4.19. The summed E-state index contributed by atoms with van der Waals surface area (Å²) in [5, 5.41) is 3.43. The lowest BCUT2D eigenvalue weighted by atomic mass is 10.0. The van der Waals surface area contributed by atoms with E-state index < -0.39 is 0 Å². The molecule has 0 saturated heterocycles. The van der Waals surface area contributed by atoms with Gasteiger partial charge >= 0.3 is 0 Å². The molecule has 0 spiro atoms. The molecule has 0 bridgehead atoms. The molecule has 2 nitrogen and oxygen atoms in total. The molecule has 2 rings (SSSR count). The van der Waals surface area contributed by atoms with Crippen molar-refractivity contribution in [2.75, 3.05) is 13.1 Å². The highest BCUT2D eigenvalue weighted by Crippen LogP contribution is 2.19. The van der Waals surface area contributed by atoms with Crippen LogP contribution in [0, 0.1) is 5.92 Å². The van der Waals surface area contributed by atoms with Crippen molar-refractivity contribution in [1.82, 2.24) is 5.32 Å². The SMILES string of the molecule is CC(CN)CNCc1ccc(-c2ccccc2)cc1. The molecule has 0 saturated carbocycles. The van der Waals surface area contributed by atoms with E-state index in [4.69, 9.17) is 5.73 Å². The van der Waals surface area contributed by atoms with Crippen LogP contribution in [0.25, 0.3) is 11.1 Å². The minimum atomic E-state index is 0.531. The van der Waals surface area contributed by atoms with Crippen molar-refractivity contribution in [3.8, 4) is 11.1 Å². The van der Waals surface area contributed by atoms with Gasteiger partial charge in [-0.15, -0.1) is 0 Å². The van der Waals surface area contributed by atoms with Gasteiger partial charge in [-0.1, -0.05) is 61.5 Å². The van der Waals surface area contributed by atoms with Crippen molar-refractivity contribution in [3.63, 3.8) is 0 Å². The molecule has 2 aromatic carbocycles. The van der Waals surface area contributed by atoms with Crippen LogP contribution in [0.3, 0.4) is 0 Å². The predicted molar refractivity (Wildman–Crippen MR) is 81.8 cm³/mol. The molecule has 0 aromatic heterocycles. The minimum absolute atomic E-state index is 0.531. The second-order valence-corrected chi connectivity index (χ2v) is 5.03. The number of hydrogen-bond donors (Lipinski definition) is 2. The zero-order valence-electron chi connectivity index (χ0n) is 11.5. The van der Waals surface area contributed by atoms with Crippen molar-refractivity contribution >= 4 is 0 Å². The molecular weight excluding hydrogens is 232 g/mol. The van der Waals surface area contributed by atoms with E-state index in [0.29, 0.717) is 5.92 Å². The van der Waals surface area contributed by atoms with Crippen LogP contribution in [0.15, 0.2) is 54.6 Å². The summed E-state index contributed by atoms with van der Waals surface area (Å²) in [6, 6.07) is 19.2. The Morgan fingerprint density at radius 3 is 2.21 bits per heavy atom. The topological polar surface area (TPSA) is 38.0 Å². The Morgan fingerprint density at radius 1 is 0.947 bits per heavy atom. The largest absolute Gasteiger partial charge is 0.330 e. The van der Waals surface area contributed by atoms with Crippen LogP contribution < -0.4 is 11.1 Å². The van der Waals surface area contributed by atoms with Gasteiger partial charge in [0.05, 0.1) is 0 Å². The first-order chi connectivity index (χ1) is 9.29. The second-order valence-electron chi connectivity index (χ2n) is 5.03. The van der Waals surface area contributed by atoms with E-state index in [1.807, 2.05) is 6.07 Å². The first-order valence-electron chi connectivity index (χ1n) is 6.84. The first kappa shape index (κ1) is 13.8. The Morgan fingerprint density at radius 2 is 1.58 bits per heavy atom. The van der Waals surface area contributed by atoms with E-state index in [1.54, 1.807) is 0 Å². The molecule has 2 aromatic rings. The van der Waals surface area contributed by atoms with Gasteiger partial charge in [0.25, 0.3) is 0 Å². The summed E-state index contributed by atoms with van der Waals surface area (Å²) in [6.45, 7) is 4.77. The average Bonchev–Trinajstić information content (AvgIpc) is 2.48. The van der Waals surface area contributed by atoms with E-state index in [2.05, 4.69) is 60.8 Å². The Balaban J connectivity index is 1.92. The Labute approximate surface area is 115 Å². The standard InChI is InChI=1S/C17H22N2/c1-14(11-18)12-19-13-15-7-9-17(10-8-15)16-5-3-2-4-6-16/h2-10,14,19H,11-13,18H2,1H3. The van der Waals surface area contributed by atoms with E-state index >= 15 is 0 Å². The van der Waals surface area contributed by atoms with Gasteiger partial charge in [-0.2, -0.15) is 0 Å². The van der Waals surface area contributed by atoms with Gasteiger partial charge in [0.2, 0.25) is 0 Å². The lowest BCUT2D eigenvalue weighted by Gasteiger charge is -2.10. The molecule has 0 radical (unpaired) electrons. The number of benzene rings is 2. The molecule has 1 atom stereocenters. The van der Waals surface area contributed by atoms with Crippen molar-refractivity contribution < 1.29 is 0 Å². The number of nitrogens with two attached hydrogens (primary N) is 1. The molecule has 0 aliphatic heterocycles. The lowest BCUT2D eigenvalue weighted by molar-refractivity contribution is 0.522. The zero-order chi connectivity index (χ0) is 13.5. The van der Waals surface area contributed by atoms with E-state index in [0.717, 1.165) is 19.6 Å². The van der Waals surface area contributed by atoms with Crippen LogP contribution in [-0.2, 0) is 6.54 Å². The van der Waals surface area contributed by atoms with Crippen molar-refractivity contribution in [1.29, 1.82) is 0 Å². The van der Waals surface area contributed by atoms with E-state index in [9.17, 15) is 0 Å². The molecule has 2 heteroatoms. The molecule has 0 aliphatic carbocycles. The molecule has 0 aliphatic rings. The fourth-order valence-electron chi connectivity index (χ4n) is 1.99. The van der Waals surface area contributed by atoms with Crippen LogP contribution in [0.2, 0.25) is 0 Å². The van der Waals surface area contributed by atoms with Crippen LogP contribution in [0.1, 0.15) is 12.5 Å². The highest BCUT2D eigenvalue weighted by molar-refractivity contribution is 5.63. The lowest BCUT2D eigenvalue weighted by Crippen LogP contribution is -2.25. The van der Waals surface area contributed by atoms with Gasteiger partial charge in [-0.05, 0) is 35.7 Å². The summed E-state index contributed by atoms with van der Waals surface area (Å²) in [7, 11) is 0. The smallest absolute Gasteiger partial charge is 0.0205 e. The second kappa shape index (κ2) is 7.07. The fourth-order valence-corrected chi connectivity index (χ4v) is 1.99. The normalized spacial score (nSPS) is 12.3. The maximum absolute atomic E-state index is 5.60. The van der Waals surface area contributed by atoms with E-state index in [1.165, 1.54) is 16.7 Å². The molecular formula is C17H22N2. The summed E-state index contributed by atoms with van der Waals surface area (Å²) in [5.41, 5.74) is 9.43. The quantitative estimate of drug-likeness (QED) is 0.831. The fraction of sp³-hybridized carbons (Fsp3) is 0.294. The summed E-state index contributed by atoms with van der Waals surface area (Å²) in [5.74, 6) is 0.531. The Kier molecular flexibility index (Phi) is 5.13. The molecule has 19 heavy (non-hydrogen) atoms. The van der Waals surface area contributed by atoms with Crippen molar-refractivity contribution in [2.24, 2.45) is 11.7 Å². The maximum atomic E-state index is 5.60. The van der Waals surface area contributed by atoms with Gasteiger partial charge < -0.3 is 11.1 Å². The minimum Gasteiger partial charge on any atom is -0.330 e. The molecule has 0 amide bonds. The highest BCUT2D eigenvalue weighted by atomic mass is 14.9. The first-order valence-corrected chi connectivity index (χ1v) is 6.84. The Hall–Kier alpha value is -1.64. The average molecular weight is 254 g/mol. The van der Waals surface area contributed by atoms with Gasteiger partial charge in [-0.3, -0.25) is 0 Å². The van der Waals surface area contributed by atoms with Gasteiger partial charge in [0.15, 0.2) is 0 Å². The Bertz CT molecular complexity index is 476. The molecule has 100 valence electrons. The molecule has 1 unspecified atom stereocenters. The van der Waals surface area contributed by atoms with Gasteiger partial charge in [0.1, 0.15) is 0 Å². The number of hydrogen-bond acceptors (Lipinski definition) is 2. The van der Waals surface area contributed by atoms with E-state index in [-0.39, 0.29) is 0 Å². The van der Waals surface area contributed by atoms with Crippen molar-refractivity contribution in [3.05, 3.63) is 60.2 Å². The summed E-state index contributed by atoms with van der Waals surface area (Å²) >= 11 is 0. The van der Waals surface area contributed by atoms with Crippen molar-refractivity contribution in [2.45, 2.75) is 13.5 Å². The van der Waals surface area contributed by atoms with Gasteiger partial charge in [0, 0.05) is 6.54 Å². The summed E-state index contributed by atoms with van der Waals surface area (Å²) < 4.78 is 0. The van der Waals surface area contributed by atoms with Crippen LogP contribution in [0.5, 0.6) is 0 Å². The maximum Gasteiger partial charge on any atom is 0.0205 e. The predicted octanol–water partition coefficient (Wildman–Crippen LogP) is 3.04. The van der Waals surface area contributed by atoms with Gasteiger partial charge in [-0.25, -0.2) is 0 Å². The van der Waals surface area contributed by atoms with Crippen LogP contribution in [-0.4, -0.2) is 13.1 Å². The molecule has 0 heterocycles. The summed E-state index contributed by atoms with van der Waals surface area (Å²) in [6.07, 6.45) is 0. The third-order valence-electron chi connectivity index (χ3n) is 3.29. The van der Waals surface area contributed by atoms with Crippen LogP contribution in [0.4, 0.5) is 0 Å². The summed E-state index contributed by atoms with van der Waals surface area (Å²) in [4.78, 5) is 0.